The Morgan fingerprint density at radius 2 is 2.00 bits per heavy atom. The van der Waals surface area contributed by atoms with E-state index in [9.17, 15) is 9.59 Å². The fourth-order valence-electron chi connectivity index (χ4n) is 1.86. The number of carbonyl (C=O) groups excluding carboxylic acids is 2. The lowest BCUT2D eigenvalue weighted by Gasteiger charge is -2.03. The van der Waals surface area contributed by atoms with Gasteiger partial charge in [0.1, 0.15) is 5.75 Å². The van der Waals surface area contributed by atoms with Crippen molar-refractivity contribution >= 4 is 34.1 Å². The quantitative estimate of drug-likeness (QED) is 0.592. The molecule has 0 spiro atoms. The minimum atomic E-state index is -0.408. The Bertz CT molecular complexity index is 851. The Morgan fingerprint density at radius 3 is 2.64 bits per heavy atom. The Hall–Kier alpha value is -2.74. The number of hydrogen-bond acceptors (Lipinski definition) is 6. The van der Waals surface area contributed by atoms with Crippen molar-refractivity contribution in [1.29, 1.82) is 0 Å². The molecule has 0 fully saturated rings. The number of nitrogens with one attached hydrogen (secondary N) is 1. The van der Waals surface area contributed by atoms with Gasteiger partial charge in [0, 0.05) is 17.9 Å². The molecular weight excluding hydrogens is 304 g/mol. The third-order valence-electron chi connectivity index (χ3n) is 2.85. The summed E-state index contributed by atoms with van der Waals surface area (Å²) in [5.74, 6) is -0.0931. The van der Waals surface area contributed by atoms with Gasteiger partial charge in [-0.05, 0) is 31.2 Å². The van der Waals surface area contributed by atoms with Crippen LogP contribution < -0.4 is 10.1 Å². The highest BCUT2D eigenvalue weighted by molar-refractivity contribution is 7.15. The van der Waals surface area contributed by atoms with Gasteiger partial charge in [-0.1, -0.05) is 0 Å². The molecule has 1 aromatic carbocycles. The predicted molar refractivity (Wildman–Crippen MR) is 81.3 cm³/mol. The number of aromatic nitrogens is 3. The molecule has 1 N–H and O–H groups in total. The number of thiazole rings is 1. The molecule has 3 aromatic rings. The minimum Gasteiger partial charge on any atom is -0.427 e. The lowest BCUT2D eigenvalue weighted by atomic mass is 10.2. The monoisotopic (exact) mass is 316 g/mol. The van der Waals surface area contributed by atoms with Gasteiger partial charge in [-0.25, -0.2) is 4.52 Å². The fourth-order valence-corrected chi connectivity index (χ4v) is 2.66. The molecule has 0 aliphatic carbocycles. The van der Waals surface area contributed by atoms with E-state index in [1.807, 2.05) is 12.3 Å². The van der Waals surface area contributed by atoms with Gasteiger partial charge in [0.25, 0.3) is 11.9 Å². The number of fused-ring (bicyclic) bond motifs is 1. The van der Waals surface area contributed by atoms with Crippen molar-refractivity contribution in [3.05, 3.63) is 40.9 Å². The van der Waals surface area contributed by atoms with Gasteiger partial charge in [-0.3, -0.25) is 14.9 Å². The molecule has 0 aliphatic rings. The largest absolute Gasteiger partial charge is 0.427 e. The van der Waals surface area contributed by atoms with Crippen LogP contribution in [0.1, 0.15) is 23.0 Å². The summed E-state index contributed by atoms with van der Waals surface area (Å²) in [4.78, 5) is 27.9. The first-order valence-electron chi connectivity index (χ1n) is 6.43. The molecule has 0 unspecified atom stereocenters. The fraction of sp³-hybridized carbons (Fsp3) is 0.143. The van der Waals surface area contributed by atoms with Gasteiger partial charge in [0.2, 0.25) is 4.96 Å². The van der Waals surface area contributed by atoms with Crippen molar-refractivity contribution in [1.82, 2.24) is 14.6 Å². The molecule has 0 atom stereocenters. The standard InChI is InChI=1S/C14H12N4O3S/c1-8-7-22-14-16-13(17-18(8)14)15-12(20)10-3-5-11(6-4-10)21-9(2)19/h3-7H,1-2H3,(H,15,17,20). The molecule has 8 heteroatoms. The number of benzene rings is 1. The Morgan fingerprint density at radius 1 is 1.27 bits per heavy atom. The van der Waals surface area contributed by atoms with Crippen molar-refractivity contribution in [2.75, 3.05) is 5.32 Å². The third-order valence-corrected chi connectivity index (χ3v) is 3.78. The Labute approximate surface area is 129 Å². The predicted octanol–water partition coefficient (Wildman–Crippen LogP) is 2.28. The number of ether oxygens (including phenoxy) is 1. The van der Waals surface area contributed by atoms with Gasteiger partial charge < -0.3 is 4.74 Å². The molecule has 112 valence electrons. The van der Waals surface area contributed by atoms with Crippen LogP contribution in [-0.2, 0) is 4.79 Å². The topological polar surface area (TPSA) is 85.6 Å². The van der Waals surface area contributed by atoms with Crippen LogP contribution in [0.3, 0.4) is 0 Å². The number of esters is 1. The van der Waals surface area contributed by atoms with E-state index in [0.717, 1.165) is 10.7 Å². The summed E-state index contributed by atoms with van der Waals surface area (Å²) in [5, 5.41) is 8.79. The van der Waals surface area contributed by atoms with E-state index in [0.29, 0.717) is 11.3 Å². The molecule has 2 heterocycles. The molecule has 3 rings (SSSR count). The van der Waals surface area contributed by atoms with E-state index in [-0.39, 0.29) is 11.9 Å². The summed E-state index contributed by atoms with van der Waals surface area (Å²) < 4.78 is 6.58. The molecular formula is C14H12N4O3S. The van der Waals surface area contributed by atoms with Crippen molar-refractivity contribution in [2.24, 2.45) is 0 Å². The normalized spacial score (nSPS) is 10.6. The van der Waals surface area contributed by atoms with Crippen LogP contribution in [0.4, 0.5) is 5.95 Å². The zero-order chi connectivity index (χ0) is 15.7. The number of nitrogens with zero attached hydrogens (tertiary/aromatic N) is 3. The second-order valence-electron chi connectivity index (χ2n) is 4.58. The van der Waals surface area contributed by atoms with Crippen molar-refractivity contribution in [2.45, 2.75) is 13.8 Å². The maximum absolute atomic E-state index is 12.1. The lowest BCUT2D eigenvalue weighted by Crippen LogP contribution is -2.13. The average molecular weight is 316 g/mol. The highest BCUT2D eigenvalue weighted by Gasteiger charge is 2.12. The lowest BCUT2D eigenvalue weighted by molar-refractivity contribution is -0.131. The van der Waals surface area contributed by atoms with Crippen molar-refractivity contribution in [3.8, 4) is 5.75 Å². The SMILES string of the molecule is CC(=O)Oc1ccc(C(=O)Nc2nc3scc(C)n3n2)cc1. The zero-order valence-electron chi connectivity index (χ0n) is 11.9. The second-order valence-corrected chi connectivity index (χ2v) is 5.42. The zero-order valence-corrected chi connectivity index (χ0v) is 12.7. The highest BCUT2D eigenvalue weighted by Crippen LogP contribution is 2.17. The van der Waals surface area contributed by atoms with Crippen LogP contribution in [0, 0.1) is 6.92 Å². The van der Waals surface area contributed by atoms with Gasteiger partial charge in [-0.15, -0.1) is 16.4 Å². The van der Waals surface area contributed by atoms with Gasteiger partial charge in [0.15, 0.2) is 0 Å². The van der Waals surface area contributed by atoms with E-state index in [4.69, 9.17) is 4.74 Å². The summed E-state index contributed by atoms with van der Waals surface area (Å²) in [7, 11) is 0. The van der Waals surface area contributed by atoms with E-state index < -0.39 is 5.97 Å². The highest BCUT2D eigenvalue weighted by atomic mass is 32.1. The van der Waals surface area contributed by atoms with Gasteiger partial charge in [0.05, 0.1) is 5.69 Å². The van der Waals surface area contributed by atoms with E-state index in [2.05, 4.69) is 15.4 Å². The first-order valence-corrected chi connectivity index (χ1v) is 7.31. The van der Waals surface area contributed by atoms with Crippen LogP contribution >= 0.6 is 11.3 Å². The first kappa shape index (κ1) is 14.2. The molecule has 22 heavy (non-hydrogen) atoms. The molecule has 0 aliphatic heterocycles. The van der Waals surface area contributed by atoms with Crippen LogP contribution in [0.5, 0.6) is 5.75 Å². The second kappa shape index (κ2) is 5.57. The third kappa shape index (κ3) is 2.82. The van der Waals surface area contributed by atoms with E-state index >= 15 is 0 Å². The first-order chi connectivity index (χ1) is 10.5. The molecule has 7 nitrogen and oxygen atoms in total. The minimum absolute atomic E-state index is 0.254. The van der Waals surface area contributed by atoms with E-state index in [1.165, 1.54) is 18.3 Å². The molecule has 0 radical (unpaired) electrons. The molecule has 0 saturated carbocycles. The van der Waals surface area contributed by atoms with Crippen LogP contribution in [0.2, 0.25) is 0 Å². The number of anilines is 1. The Kier molecular flexibility index (Phi) is 3.60. The number of rotatable bonds is 3. The average Bonchev–Trinajstić information content (AvgIpc) is 3.01. The smallest absolute Gasteiger partial charge is 0.308 e. The number of carbonyl (C=O) groups is 2. The number of aryl methyl sites for hydroxylation is 1. The van der Waals surface area contributed by atoms with Gasteiger partial charge in [-0.2, -0.15) is 4.98 Å². The number of hydrogen-bond donors (Lipinski definition) is 1. The van der Waals surface area contributed by atoms with Crippen LogP contribution in [-0.4, -0.2) is 26.5 Å². The maximum atomic E-state index is 12.1. The summed E-state index contributed by atoms with van der Waals surface area (Å²) in [5.41, 5.74) is 1.38. The Balaban J connectivity index is 1.74. The molecule has 2 aromatic heterocycles. The van der Waals surface area contributed by atoms with Gasteiger partial charge >= 0.3 is 5.97 Å². The number of amides is 1. The summed E-state index contributed by atoms with van der Waals surface area (Å²) in [6, 6.07) is 6.24. The van der Waals surface area contributed by atoms with Crippen LogP contribution in [0.15, 0.2) is 29.6 Å². The molecule has 1 amide bonds. The summed E-state index contributed by atoms with van der Waals surface area (Å²) in [6.07, 6.45) is 0. The molecule has 0 saturated heterocycles. The van der Waals surface area contributed by atoms with Crippen molar-refractivity contribution < 1.29 is 14.3 Å². The van der Waals surface area contributed by atoms with Crippen LogP contribution in [0.25, 0.3) is 4.96 Å². The van der Waals surface area contributed by atoms with Crippen molar-refractivity contribution in [3.63, 3.8) is 0 Å². The van der Waals surface area contributed by atoms with E-state index in [1.54, 1.807) is 28.8 Å². The molecule has 0 bridgehead atoms. The maximum Gasteiger partial charge on any atom is 0.308 e. The summed E-state index contributed by atoms with van der Waals surface area (Å²) in [6.45, 7) is 3.23. The summed E-state index contributed by atoms with van der Waals surface area (Å²) >= 11 is 1.45.